The van der Waals surface area contributed by atoms with E-state index in [1.165, 1.54) is 0 Å². The van der Waals surface area contributed by atoms with E-state index >= 15 is 0 Å². The molecule has 1 saturated carbocycles. The van der Waals surface area contributed by atoms with Crippen molar-refractivity contribution in [3.8, 4) is 0 Å². The SMILES string of the molecule is CC(C)(C)C1CC(CC(=O)O)CC(C(C)(C)C)C1O. The van der Waals surface area contributed by atoms with Crippen molar-refractivity contribution in [3.63, 3.8) is 0 Å². The van der Waals surface area contributed by atoms with E-state index in [9.17, 15) is 9.90 Å². The molecular weight excluding hydrogens is 240 g/mol. The molecule has 1 rings (SSSR count). The fourth-order valence-electron chi connectivity index (χ4n) is 3.52. The zero-order chi connectivity index (χ0) is 15.0. The predicted octanol–water partition coefficient (Wildman–Crippen LogP) is 3.56. The van der Waals surface area contributed by atoms with Crippen LogP contribution in [0.15, 0.2) is 0 Å². The number of aliphatic hydroxyl groups is 1. The van der Waals surface area contributed by atoms with Gasteiger partial charge in [-0.3, -0.25) is 4.79 Å². The summed E-state index contributed by atoms with van der Waals surface area (Å²) in [5, 5.41) is 19.8. The summed E-state index contributed by atoms with van der Waals surface area (Å²) in [7, 11) is 0. The largest absolute Gasteiger partial charge is 0.481 e. The van der Waals surface area contributed by atoms with Crippen molar-refractivity contribution in [2.24, 2.45) is 28.6 Å². The van der Waals surface area contributed by atoms with E-state index in [4.69, 9.17) is 5.11 Å². The van der Waals surface area contributed by atoms with Crippen LogP contribution >= 0.6 is 0 Å². The van der Waals surface area contributed by atoms with Gasteiger partial charge in [-0.25, -0.2) is 0 Å². The summed E-state index contributed by atoms with van der Waals surface area (Å²) in [4.78, 5) is 11.0. The van der Waals surface area contributed by atoms with Gasteiger partial charge in [-0.15, -0.1) is 0 Å². The van der Waals surface area contributed by atoms with Crippen LogP contribution in [0.25, 0.3) is 0 Å². The van der Waals surface area contributed by atoms with Crippen molar-refractivity contribution in [1.29, 1.82) is 0 Å². The topological polar surface area (TPSA) is 57.5 Å². The summed E-state index contributed by atoms with van der Waals surface area (Å²) in [6.07, 6.45) is 1.55. The number of aliphatic hydroxyl groups excluding tert-OH is 1. The Hall–Kier alpha value is -0.570. The van der Waals surface area contributed by atoms with Gasteiger partial charge in [0.05, 0.1) is 6.10 Å². The van der Waals surface area contributed by atoms with Crippen LogP contribution in [-0.4, -0.2) is 22.3 Å². The molecule has 0 spiro atoms. The lowest BCUT2D eigenvalue weighted by atomic mass is 9.58. The maximum Gasteiger partial charge on any atom is 0.303 e. The first kappa shape index (κ1) is 16.5. The van der Waals surface area contributed by atoms with E-state index in [0.29, 0.717) is 0 Å². The highest BCUT2D eigenvalue weighted by Gasteiger charge is 2.46. The van der Waals surface area contributed by atoms with Crippen LogP contribution in [0.4, 0.5) is 0 Å². The average Bonchev–Trinajstić information content (AvgIpc) is 2.16. The van der Waals surface area contributed by atoms with E-state index < -0.39 is 5.97 Å². The molecule has 3 nitrogen and oxygen atoms in total. The van der Waals surface area contributed by atoms with Crippen molar-refractivity contribution in [1.82, 2.24) is 0 Å². The molecule has 2 atom stereocenters. The molecule has 3 heteroatoms. The van der Waals surface area contributed by atoms with Gasteiger partial charge in [0.25, 0.3) is 0 Å². The Bertz CT molecular complexity index is 298. The van der Waals surface area contributed by atoms with Gasteiger partial charge in [0.2, 0.25) is 0 Å². The number of aliphatic carboxylic acids is 1. The van der Waals surface area contributed by atoms with Crippen molar-refractivity contribution >= 4 is 5.97 Å². The first-order valence-electron chi connectivity index (χ1n) is 7.32. The zero-order valence-corrected chi connectivity index (χ0v) is 13.2. The third-order valence-corrected chi connectivity index (χ3v) is 4.69. The molecule has 1 fully saturated rings. The van der Waals surface area contributed by atoms with E-state index in [-0.39, 0.29) is 41.1 Å². The van der Waals surface area contributed by atoms with Gasteiger partial charge >= 0.3 is 5.97 Å². The maximum absolute atomic E-state index is 11.0. The molecule has 0 amide bonds. The summed E-state index contributed by atoms with van der Waals surface area (Å²) >= 11 is 0. The summed E-state index contributed by atoms with van der Waals surface area (Å²) in [5.74, 6) is -0.180. The highest BCUT2D eigenvalue weighted by molar-refractivity contribution is 5.67. The van der Waals surface area contributed by atoms with Gasteiger partial charge in [-0.1, -0.05) is 41.5 Å². The minimum atomic E-state index is -0.721. The second-order valence-corrected chi connectivity index (χ2v) is 8.37. The summed E-state index contributed by atoms with van der Waals surface area (Å²) in [6.45, 7) is 12.9. The molecule has 0 aliphatic heterocycles. The second kappa shape index (κ2) is 5.43. The predicted molar refractivity (Wildman–Crippen MR) is 76.9 cm³/mol. The molecule has 2 unspecified atom stereocenters. The van der Waals surface area contributed by atoms with Crippen LogP contribution in [0, 0.1) is 28.6 Å². The molecule has 1 aliphatic rings. The fraction of sp³-hybridized carbons (Fsp3) is 0.938. The van der Waals surface area contributed by atoms with Crippen molar-refractivity contribution < 1.29 is 15.0 Å². The normalized spacial score (nSPS) is 33.2. The third kappa shape index (κ3) is 4.20. The highest BCUT2D eigenvalue weighted by Crippen LogP contribution is 2.49. The van der Waals surface area contributed by atoms with Crippen LogP contribution in [-0.2, 0) is 4.79 Å². The smallest absolute Gasteiger partial charge is 0.303 e. The van der Waals surface area contributed by atoms with Gasteiger partial charge in [0.1, 0.15) is 0 Å². The van der Waals surface area contributed by atoms with Crippen LogP contribution in [0.1, 0.15) is 60.8 Å². The molecule has 2 N–H and O–H groups in total. The van der Waals surface area contributed by atoms with E-state index in [2.05, 4.69) is 41.5 Å². The van der Waals surface area contributed by atoms with Crippen LogP contribution in [0.2, 0.25) is 0 Å². The summed E-state index contributed by atoms with van der Waals surface area (Å²) in [6, 6.07) is 0. The molecule has 0 bridgehead atoms. The Labute approximate surface area is 117 Å². The zero-order valence-electron chi connectivity index (χ0n) is 13.2. The Morgan fingerprint density at radius 2 is 1.37 bits per heavy atom. The molecule has 0 aromatic rings. The lowest BCUT2D eigenvalue weighted by molar-refractivity contribution is -0.141. The molecule has 0 aromatic heterocycles. The Kier molecular flexibility index (Phi) is 4.71. The molecule has 0 radical (unpaired) electrons. The lowest BCUT2D eigenvalue weighted by Crippen LogP contribution is -2.48. The van der Waals surface area contributed by atoms with Crippen LogP contribution in [0.3, 0.4) is 0 Å². The number of hydrogen-bond acceptors (Lipinski definition) is 2. The molecule has 1 aliphatic carbocycles. The van der Waals surface area contributed by atoms with Gasteiger partial charge < -0.3 is 10.2 Å². The molecular formula is C16H30O3. The standard InChI is InChI=1S/C16H30O3/c1-15(2,3)11-7-10(9-13(17)18)8-12(14(11)19)16(4,5)6/h10-12,14,19H,7-9H2,1-6H3,(H,17,18). The molecule has 19 heavy (non-hydrogen) atoms. The monoisotopic (exact) mass is 270 g/mol. The quantitative estimate of drug-likeness (QED) is 0.806. The highest BCUT2D eigenvalue weighted by atomic mass is 16.4. The summed E-state index contributed by atoms with van der Waals surface area (Å²) in [5.41, 5.74) is 0.0280. The molecule has 0 aromatic carbocycles. The van der Waals surface area contributed by atoms with Crippen molar-refractivity contribution in [2.75, 3.05) is 0 Å². The number of carboxylic acid groups (broad SMARTS) is 1. The first-order valence-corrected chi connectivity index (χ1v) is 7.32. The van der Waals surface area contributed by atoms with Crippen LogP contribution in [0.5, 0.6) is 0 Å². The van der Waals surface area contributed by atoms with E-state index in [1.54, 1.807) is 0 Å². The number of hydrogen-bond donors (Lipinski definition) is 2. The van der Waals surface area contributed by atoms with Gasteiger partial charge in [0.15, 0.2) is 0 Å². The second-order valence-electron chi connectivity index (χ2n) is 8.37. The Morgan fingerprint density at radius 3 is 1.63 bits per heavy atom. The van der Waals surface area contributed by atoms with Crippen LogP contribution < -0.4 is 0 Å². The minimum absolute atomic E-state index is 0.0140. The van der Waals surface area contributed by atoms with Gasteiger partial charge in [-0.2, -0.15) is 0 Å². The first-order chi connectivity index (χ1) is 8.43. The Morgan fingerprint density at radius 1 is 1.00 bits per heavy atom. The Balaban J connectivity index is 2.97. The average molecular weight is 270 g/mol. The molecule has 0 saturated heterocycles. The molecule has 0 heterocycles. The van der Waals surface area contributed by atoms with E-state index in [0.717, 1.165) is 12.8 Å². The number of carbonyl (C=O) groups is 1. The number of carboxylic acids is 1. The lowest BCUT2D eigenvalue weighted by Gasteiger charge is -2.49. The van der Waals surface area contributed by atoms with Crippen molar-refractivity contribution in [2.45, 2.75) is 66.9 Å². The van der Waals surface area contributed by atoms with Gasteiger partial charge in [0, 0.05) is 6.42 Å². The van der Waals surface area contributed by atoms with E-state index in [1.807, 2.05) is 0 Å². The fourth-order valence-corrected chi connectivity index (χ4v) is 3.52. The number of rotatable bonds is 2. The maximum atomic E-state index is 11.0. The minimum Gasteiger partial charge on any atom is -0.481 e. The van der Waals surface area contributed by atoms with Crippen molar-refractivity contribution in [3.05, 3.63) is 0 Å². The molecule has 112 valence electrons. The summed E-state index contributed by atoms with van der Waals surface area (Å²) < 4.78 is 0. The third-order valence-electron chi connectivity index (χ3n) is 4.69. The van der Waals surface area contributed by atoms with Gasteiger partial charge in [-0.05, 0) is 41.4 Å².